The van der Waals surface area contributed by atoms with Gasteiger partial charge < -0.3 is 9.80 Å². The summed E-state index contributed by atoms with van der Waals surface area (Å²) in [5.41, 5.74) is 55.0. The van der Waals surface area contributed by atoms with Crippen LogP contribution in [0, 0.1) is 55.4 Å². The molecule has 120 heavy (non-hydrogen) atoms. The van der Waals surface area contributed by atoms with Crippen molar-refractivity contribution >= 4 is 34.1 Å². The molecule has 4 spiro atoms. The number of fused-ring (bicyclic) bond motifs is 20. The predicted molar refractivity (Wildman–Crippen MR) is 504 cm³/mol. The van der Waals surface area contributed by atoms with Gasteiger partial charge in [0.15, 0.2) is 0 Å². The van der Waals surface area contributed by atoms with E-state index in [1.54, 1.807) is 22.3 Å². The Labute approximate surface area is 712 Å². The van der Waals surface area contributed by atoms with Gasteiger partial charge in [0.2, 0.25) is 0 Å². The van der Waals surface area contributed by atoms with Crippen molar-refractivity contribution < 1.29 is 0 Å². The van der Waals surface area contributed by atoms with Gasteiger partial charge in [0.1, 0.15) is 0 Å². The van der Waals surface area contributed by atoms with Crippen molar-refractivity contribution in [2.75, 3.05) is 9.80 Å². The van der Waals surface area contributed by atoms with E-state index in [1.165, 1.54) is 323 Å². The molecule has 0 amide bonds. The summed E-state index contributed by atoms with van der Waals surface area (Å²) in [7, 11) is 0. The lowest BCUT2D eigenvalue weighted by atomic mass is 9.65. The molecule has 14 aromatic carbocycles. The number of hydrogen-bond acceptors (Lipinski definition) is 2. The molecule has 0 aromatic heterocycles. The van der Waals surface area contributed by atoms with Crippen LogP contribution in [0.3, 0.4) is 0 Å². The Morgan fingerprint density at radius 1 is 0.175 bits per heavy atom. The summed E-state index contributed by atoms with van der Waals surface area (Å²) >= 11 is 0. The van der Waals surface area contributed by atoms with Crippen LogP contribution >= 0.6 is 0 Å². The smallest absolute Gasteiger partial charge is 0.0491 e. The Morgan fingerprint density at radius 3 is 0.600 bits per heavy atom. The van der Waals surface area contributed by atoms with E-state index >= 15 is 0 Å². The minimum absolute atomic E-state index is 0.103. The molecule has 0 atom stereocenters. The highest BCUT2D eigenvalue weighted by atomic mass is 15.2. The second-order valence-corrected chi connectivity index (χ2v) is 38.8. The van der Waals surface area contributed by atoms with Gasteiger partial charge in [0, 0.05) is 61.2 Å². The van der Waals surface area contributed by atoms with Crippen molar-refractivity contribution in [2.45, 2.75) is 217 Å². The fourth-order valence-corrected chi connectivity index (χ4v) is 26.1. The van der Waals surface area contributed by atoms with Crippen molar-refractivity contribution in [3.8, 4) is 89.0 Å². The molecule has 9 aliphatic carbocycles. The number of rotatable bonds is 12. The highest BCUT2D eigenvalue weighted by Gasteiger charge is 2.50. The van der Waals surface area contributed by atoms with Gasteiger partial charge in [-0.1, -0.05) is 263 Å². The molecule has 2 nitrogen and oxygen atoms in total. The molecule has 9 aliphatic rings. The lowest BCUT2D eigenvalue weighted by Crippen LogP contribution is -2.30. The molecular formula is C118H110N2. The van der Waals surface area contributed by atoms with E-state index in [0.29, 0.717) is 0 Å². The minimum atomic E-state index is -0.157. The molecule has 5 fully saturated rings. The van der Waals surface area contributed by atoms with Crippen molar-refractivity contribution in [3.05, 3.63) is 367 Å². The van der Waals surface area contributed by atoms with Crippen LogP contribution in [0.2, 0.25) is 0 Å². The van der Waals surface area contributed by atoms with Gasteiger partial charge in [-0.15, -0.1) is 0 Å². The first-order valence-electron chi connectivity index (χ1n) is 45.9. The van der Waals surface area contributed by atoms with Crippen molar-refractivity contribution in [2.24, 2.45) is 0 Å². The van der Waals surface area contributed by atoms with Gasteiger partial charge in [0.05, 0.1) is 0 Å². The van der Waals surface area contributed by atoms with E-state index in [1.807, 2.05) is 0 Å². The fraction of sp³-hybridized carbons (Fsp3) is 0.288. The van der Waals surface area contributed by atoms with E-state index in [4.69, 9.17) is 0 Å². The minimum Gasteiger partial charge on any atom is -0.310 e. The normalized spacial score (nSPS) is 17.6. The van der Waals surface area contributed by atoms with Crippen LogP contribution in [0.25, 0.3) is 89.0 Å². The average Bonchev–Trinajstić information content (AvgIpc) is 1.57. The molecule has 592 valence electrons. The quantitative estimate of drug-likeness (QED) is 0.120. The van der Waals surface area contributed by atoms with E-state index in [0.717, 1.165) is 12.8 Å². The van der Waals surface area contributed by atoms with E-state index in [9.17, 15) is 0 Å². The van der Waals surface area contributed by atoms with Crippen molar-refractivity contribution in [1.82, 2.24) is 0 Å². The Balaban J connectivity index is 0.610. The standard InChI is InChI=1S/C118H110N2/c1-74-20-40-94-98-44-24-86(70-106(98)115(102(94)62-74)54-12-13-55-115)82-28-48-110(78(5)66-82)119(111-49-29-83(67-79(111)6)87-25-45-99-95-41-21-75(2)63-103(95)116(107(99)71-87)56-14-15-57-116)92-36-32-90(33-37-92)114(52-10-9-11-53-114)91-34-38-93(39-35-91)120(112-50-30-84(68-80(112)7)88-26-46-100-96-42-22-76(3)64-104(96)117(108(100)72-88)58-16-17-59-117)113-51-31-85(69-81(113)8)89-27-47-101-97-43-23-77(4)65-105(97)118(109(101)73-89)60-18-19-61-118/h20-51,62-73H,9-19,52-61H2,1-8H3. The maximum absolute atomic E-state index is 2.58. The van der Waals surface area contributed by atoms with Gasteiger partial charge >= 0.3 is 0 Å². The zero-order valence-corrected chi connectivity index (χ0v) is 71.6. The van der Waals surface area contributed by atoms with Gasteiger partial charge in [0.25, 0.3) is 0 Å². The Bertz CT molecular complexity index is 5830. The molecular weight excluding hydrogens is 1450 g/mol. The van der Waals surface area contributed by atoms with Crippen LogP contribution in [0.4, 0.5) is 34.1 Å². The Morgan fingerprint density at radius 2 is 0.367 bits per heavy atom. The molecule has 14 aromatic rings. The molecule has 0 bridgehead atoms. The lowest BCUT2D eigenvalue weighted by molar-refractivity contribution is 0.346. The maximum Gasteiger partial charge on any atom is 0.0491 e. The first kappa shape index (κ1) is 73.8. The summed E-state index contributed by atoms with van der Waals surface area (Å²) < 4.78 is 0. The van der Waals surface area contributed by atoms with Crippen LogP contribution < -0.4 is 9.80 Å². The zero-order chi connectivity index (χ0) is 80.7. The monoisotopic (exact) mass is 1550 g/mol. The molecule has 0 heterocycles. The zero-order valence-electron chi connectivity index (χ0n) is 71.6. The average molecular weight is 1560 g/mol. The van der Waals surface area contributed by atoms with Gasteiger partial charge in [-0.3, -0.25) is 0 Å². The van der Waals surface area contributed by atoms with Crippen LogP contribution in [0.1, 0.15) is 235 Å². The van der Waals surface area contributed by atoms with Crippen LogP contribution in [-0.4, -0.2) is 0 Å². The lowest BCUT2D eigenvalue weighted by Gasteiger charge is -2.39. The van der Waals surface area contributed by atoms with Crippen LogP contribution in [0.15, 0.2) is 267 Å². The number of hydrogen-bond donors (Lipinski definition) is 0. The highest BCUT2D eigenvalue weighted by molar-refractivity contribution is 5.92. The maximum atomic E-state index is 2.58. The van der Waals surface area contributed by atoms with E-state index in [-0.39, 0.29) is 27.1 Å². The van der Waals surface area contributed by atoms with Crippen molar-refractivity contribution in [1.29, 1.82) is 0 Å². The molecule has 0 radical (unpaired) electrons. The van der Waals surface area contributed by atoms with E-state index < -0.39 is 0 Å². The third-order valence-corrected chi connectivity index (χ3v) is 32.0. The summed E-state index contributed by atoms with van der Waals surface area (Å²) in [5.74, 6) is 0. The third-order valence-electron chi connectivity index (χ3n) is 32.0. The van der Waals surface area contributed by atoms with Crippen LogP contribution in [-0.2, 0) is 27.1 Å². The first-order valence-corrected chi connectivity index (χ1v) is 45.9. The third kappa shape index (κ3) is 11.2. The predicted octanol–water partition coefficient (Wildman–Crippen LogP) is 32.4. The number of anilines is 6. The van der Waals surface area contributed by atoms with Crippen molar-refractivity contribution in [3.63, 3.8) is 0 Å². The summed E-state index contributed by atoms with van der Waals surface area (Å²) in [6.45, 7) is 18.5. The number of nitrogens with zero attached hydrogens (tertiary/aromatic N) is 2. The second kappa shape index (κ2) is 27.9. The SMILES string of the molecule is Cc1ccc2c(c1)C1(CCCC1)c1cc(-c3ccc(N(c4ccc(C5(c6ccc(N(c7ccc(-c8ccc9c(c8)C8(CCCC8)c8cc(C)ccc8-9)cc7C)c7ccc(-c8ccc9c(c8)C8(CCCC8)c8cc(C)ccc8-9)cc7C)cc6)CCCCC5)cc4)c4ccc(-c5ccc6c(c5)C5(CCCC5)c5cc(C)ccc5-6)cc4C)c(C)c3)ccc1-2. The number of benzene rings is 14. The molecule has 23 rings (SSSR count). The molecule has 0 aliphatic heterocycles. The summed E-state index contributed by atoms with van der Waals surface area (Å²) in [5, 5.41) is 0. The van der Waals surface area contributed by atoms with E-state index in [2.05, 4.69) is 332 Å². The highest BCUT2D eigenvalue weighted by Crippen LogP contribution is 2.63. The van der Waals surface area contributed by atoms with Gasteiger partial charge in [-0.25, -0.2) is 0 Å². The number of aryl methyl sites for hydroxylation is 8. The first-order chi connectivity index (χ1) is 58.6. The van der Waals surface area contributed by atoms with Gasteiger partial charge in [-0.05, 0) is 384 Å². The molecule has 5 saturated carbocycles. The Kier molecular flexibility index (Phi) is 17.1. The largest absolute Gasteiger partial charge is 0.310 e. The summed E-state index contributed by atoms with van der Waals surface area (Å²) in [4.78, 5) is 5.17. The summed E-state index contributed by atoms with van der Waals surface area (Å²) in [6, 6.07) is 108. The van der Waals surface area contributed by atoms with Gasteiger partial charge in [-0.2, -0.15) is 0 Å². The molecule has 0 unspecified atom stereocenters. The fourth-order valence-electron chi connectivity index (χ4n) is 26.1. The Hall–Kier alpha value is -11.3. The summed E-state index contributed by atoms with van der Waals surface area (Å²) in [6.07, 6.45) is 26.0. The molecule has 0 saturated heterocycles. The molecule has 2 heteroatoms. The molecule has 0 N–H and O–H groups in total. The second-order valence-electron chi connectivity index (χ2n) is 38.8. The van der Waals surface area contributed by atoms with Crippen LogP contribution in [0.5, 0.6) is 0 Å². The topological polar surface area (TPSA) is 6.48 Å².